The number of carbonyl (C=O) groups is 1. The first-order valence-electron chi connectivity index (χ1n) is 11.5. The van der Waals surface area contributed by atoms with Gasteiger partial charge in [-0.05, 0) is 70.9 Å². The lowest BCUT2D eigenvalue weighted by Crippen LogP contribution is -2.38. The summed E-state index contributed by atoms with van der Waals surface area (Å²) in [5, 5.41) is 2.91. The van der Waals surface area contributed by atoms with Crippen molar-refractivity contribution in [3.05, 3.63) is 54.5 Å². The number of hydrogen-bond acceptors (Lipinski definition) is 8. The van der Waals surface area contributed by atoms with E-state index in [2.05, 4.69) is 32.2 Å². The molecular formula is C25H31N5O3S. The van der Waals surface area contributed by atoms with E-state index in [9.17, 15) is 4.79 Å². The minimum Gasteiger partial charge on any atom is -0.465 e. The Morgan fingerprint density at radius 2 is 2.00 bits per heavy atom. The molecule has 1 atom stereocenters. The molecule has 9 heteroatoms. The number of thioether (sulfide) groups is 1. The second kappa shape index (κ2) is 11.4. The largest absolute Gasteiger partial charge is 0.465 e. The lowest BCUT2D eigenvalue weighted by atomic mass is 9.93. The second-order valence-corrected chi connectivity index (χ2v) is 9.62. The summed E-state index contributed by atoms with van der Waals surface area (Å²) < 4.78 is 11.6. The van der Waals surface area contributed by atoms with Gasteiger partial charge in [-0.1, -0.05) is 18.2 Å². The van der Waals surface area contributed by atoms with Crippen LogP contribution < -0.4 is 10.1 Å². The van der Waals surface area contributed by atoms with E-state index in [-0.39, 0.29) is 17.1 Å². The molecule has 1 fully saturated rings. The number of piperidine rings is 1. The first-order valence-corrected chi connectivity index (χ1v) is 12.4. The molecule has 3 aromatic rings. The van der Waals surface area contributed by atoms with E-state index >= 15 is 0 Å². The summed E-state index contributed by atoms with van der Waals surface area (Å²) in [6.07, 6.45) is 5.44. The van der Waals surface area contributed by atoms with Crippen LogP contribution in [-0.4, -0.2) is 57.8 Å². The first-order chi connectivity index (χ1) is 16.5. The van der Waals surface area contributed by atoms with E-state index in [0.29, 0.717) is 29.9 Å². The van der Waals surface area contributed by atoms with Crippen LogP contribution in [0.3, 0.4) is 0 Å². The Kier molecular flexibility index (Phi) is 8.08. The molecule has 34 heavy (non-hydrogen) atoms. The van der Waals surface area contributed by atoms with Gasteiger partial charge in [0.15, 0.2) is 11.6 Å². The van der Waals surface area contributed by atoms with Crippen molar-refractivity contribution in [3.63, 3.8) is 0 Å². The number of ether oxygens (including phenoxy) is 2. The molecule has 0 saturated carbocycles. The third kappa shape index (κ3) is 6.30. The summed E-state index contributed by atoms with van der Waals surface area (Å²) in [6, 6.07) is 11.5. The smallest absolute Gasteiger partial charge is 0.319 e. The Hall–Kier alpha value is -3.04. The van der Waals surface area contributed by atoms with E-state index in [1.807, 2.05) is 50.2 Å². The van der Waals surface area contributed by atoms with E-state index in [1.165, 1.54) is 11.8 Å². The maximum Gasteiger partial charge on any atom is 0.319 e. The summed E-state index contributed by atoms with van der Waals surface area (Å²) in [6.45, 7) is 6.11. The number of H-pyrrole nitrogens is 1. The monoisotopic (exact) mass is 481 g/mol. The number of nitrogens with zero attached hydrogens (tertiary/aromatic N) is 3. The summed E-state index contributed by atoms with van der Waals surface area (Å²) in [4.78, 5) is 28.1. The SMILES string of the molecule is CCOC(=O)C(Sc1cnc(Nc2ncc(C)[nH]2)c(Oc2ccccc2)c1)C1CCN(C)CC1. The standard InChI is InChI=1S/C25H31N5O3S/c1-4-32-24(31)22(18-10-12-30(3)13-11-18)34-20-14-21(33-19-8-6-5-7-9-19)23(26-16-20)29-25-27-15-17(2)28-25/h5-9,14-16,18,22H,4,10-13H2,1-3H3,(H2,26,27,28,29). The van der Waals surface area contributed by atoms with Crippen LogP contribution in [0.1, 0.15) is 25.5 Å². The predicted octanol–water partition coefficient (Wildman–Crippen LogP) is 5.01. The molecule has 0 aliphatic carbocycles. The van der Waals surface area contributed by atoms with Crippen LogP contribution >= 0.6 is 11.8 Å². The van der Waals surface area contributed by atoms with Gasteiger partial charge in [0.1, 0.15) is 11.0 Å². The summed E-state index contributed by atoms with van der Waals surface area (Å²) in [5.41, 5.74) is 0.940. The fourth-order valence-electron chi connectivity index (χ4n) is 3.91. The lowest BCUT2D eigenvalue weighted by Gasteiger charge is -2.32. The molecule has 3 heterocycles. The van der Waals surface area contributed by atoms with Crippen molar-refractivity contribution in [1.82, 2.24) is 19.9 Å². The van der Waals surface area contributed by atoms with Gasteiger partial charge in [-0.15, -0.1) is 11.8 Å². The van der Waals surface area contributed by atoms with Crippen LogP contribution in [-0.2, 0) is 9.53 Å². The van der Waals surface area contributed by atoms with Crippen molar-refractivity contribution in [2.45, 2.75) is 36.8 Å². The molecule has 1 aliphatic rings. The number of aryl methyl sites for hydroxylation is 1. The van der Waals surface area contributed by atoms with Crippen molar-refractivity contribution >= 4 is 29.5 Å². The molecule has 0 spiro atoms. The number of esters is 1. The zero-order valence-electron chi connectivity index (χ0n) is 19.8. The van der Waals surface area contributed by atoms with Crippen LogP contribution in [0, 0.1) is 12.8 Å². The number of carbonyl (C=O) groups excluding carboxylic acids is 1. The normalized spacial score (nSPS) is 15.6. The number of aromatic amines is 1. The Labute approximate surface area is 204 Å². The second-order valence-electron chi connectivity index (χ2n) is 8.40. The Morgan fingerprint density at radius 1 is 1.24 bits per heavy atom. The van der Waals surface area contributed by atoms with Crippen molar-refractivity contribution in [2.75, 3.05) is 32.1 Å². The van der Waals surface area contributed by atoms with Gasteiger partial charge >= 0.3 is 5.97 Å². The van der Waals surface area contributed by atoms with Gasteiger partial charge in [-0.25, -0.2) is 9.97 Å². The van der Waals surface area contributed by atoms with E-state index in [1.54, 1.807) is 12.4 Å². The zero-order valence-corrected chi connectivity index (χ0v) is 20.6. The molecule has 4 rings (SSSR count). The Balaban J connectivity index is 1.60. The van der Waals surface area contributed by atoms with Gasteiger partial charge in [0.05, 0.1) is 6.61 Å². The summed E-state index contributed by atoms with van der Waals surface area (Å²) in [7, 11) is 2.12. The molecule has 8 nitrogen and oxygen atoms in total. The molecule has 180 valence electrons. The van der Waals surface area contributed by atoms with Crippen molar-refractivity contribution in [2.24, 2.45) is 5.92 Å². The molecule has 0 bridgehead atoms. The van der Waals surface area contributed by atoms with Crippen LogP contribution in [0.4, 0.5) is 11.8 Å². The minimum atomic E-state index is -0.286. The third-order valence-electron chi connectivity index (χ3n) is 5.71. The number of hydrogen-bond donors (Lipinski definition) is 2. The number of rotatable bonds is 9. The topological polar surface area (TPSA) is 92.4 Å². The number of anilines is 2. The van der Waals surface area contributed by atoms with Gasteiger partial charge in [0, 0.05) is 23.0 Å². The first kappa shape index (κ1) is 24.1. The molecule has 0 radical (unpaired) electrons. The number of benzene rings is 1. The average molecular weight is 482 g/mol. The van der Waals surface area contributed by atoms with Gasteiger partial charge < -0.3 is 24.7 Å². The van der Waals surface area contributed by atoms with Crippen molar-refractivity contribution in [3.8, 4) is 11.5 Å². The van der Waals surface area contributed by atoms with Crippen molar-refractivity contribution in [1.29, 1.82) is 0 Å². The van der Waals surface area contributed by atoms with Crippen LogP contribution in [0.15, 0.2) is 53.7 Å². The van der Waals surface area contributed by atoms with Crippen molar-refractivity contribution < 1.29 is 14.3 Å². The van der Waals surface area contributed by atoms with Gasteiger partial charge in [0.2, 0.25) is 5.95 Å². The fraction of sp³-hybridized carbons (Fsp3) is 0.400. The highest BCUT2D eigenvalue weighted by molar-refractivity contribution is 8.00. The van der Waals surface area contributed by atoms with Crippen LogP contribution in [0.2, 0.25) is 0 Å². The van der Waals surface area contributed by atoms with Gasteiger partial charge in [-0.2, -0.15) is 0 Å². The number of imidazole rings is 1. The molecule has 1 aromatic carbocycles. The molecule has 2 aromatic heterocycles. The minimum absolute atomic E-state index is 0.166. The number of likely N-dealkylation sites (tertiary alicyclic amines) is 1. The highest BCUT2D eigenvalue weighted by Crippen LogP contribution is 2.38. The molecule has 1 unspecified atom stereocenters. The van der Waals surface area contributed by atoms with Crippen LogP contribution in [0.5, 0.6) is 11.5 Å². The molecule has 0 amide bonds. The molecular weight excluding hydrogens is 450 g/mol. The molecule has 1 aliphatic heterocycles. The number of pyridine rings is 1. The summed E-state index contributed by atoms with van der Waals surface area (Å²) in [5.74, 6) is 2.45. The Bertz CT molecular complexity index is 1080. The maximum atomic E-state index is 12.9. The zero-order chi connectivity index (χ0) is 23.9. The number of para-hydroxylation sites is 1. The van der Waals surface area contributed by atoms with E-state index < -0.39 is 0 Å². The Morgan fingerprint density at radius 3 is 2.68 bits per heavy atom. The van der Waals surface area contributed by atoms with E-state index in [0.717, 1.165) is 36.5 Å². The quantitative estimate of drug-likeness (QED) is 0.325. The highest BCUT2D eigenvalue weighted by atomic mass is 32.2. The van der Waals surface area contributed by atoms with Gasteiger partial charge in [-0.3, -0.25) is 4.79 Å². The number of nitrogens with one attached hydrogen (secondary N) is 2. The van der Waals surface area contributed by atoms with Gasteiger partial charge in [0.25, 0.3) is 0 Å². The summed E-state index contributed by atoms with van der Waals surface area (Å²) >= 11 is 1.50. The van der Waals surface area contributed by atoms with E-state index in [4.69, 9.17) is 9.47 Å². The molecule has 2 N–H and O–H groups in total. The average Bonchev–Trinajstić information content (AvgIpc) is 3.25. The molecule has 1 saturated heterocycles. The lowest BCUT2D eigenvalue weighted by molar-refractivity contribution is -0.143. The highest BCUT2D eigenvalue weighted by Gasteiger charge is 2.33. The maximum absolute atomic E-state index is 12.9. The fourth-order valence-corrected chi connectivity index (χ4v) is 5.12. The third-order valence-corrected chi connectivity index (χ3v) is 7.04. The van der Waals surface area contributed by atoms with Crippen LogP contribution in [0.25, 0.3) is 0 Å². The number of aromatic nitrogens is 3. The predicted molar refractivity (Wildman–Crippen MR) is 134 cm³/mol.